The second-order valence-corrected chi connectivity index (χ2v) is 4.41. The monoisotopic (exact) mass is 230 g/mol. The summed E-state index contributed by atoms with van der Waals surface area (Å²) in [6, 6.07) is 8.91. The zero-order valence-corrected chi connectivity index (χ0v) is 9.44. The van der Waals surface area contributed by atoms with Gasteiger partial charge in [0.05, 0.1) is 11.6 Å². The number of carboxylic acid groups (broad SMARTS) is 1. The topological polar surface area (TPSA) is 73.1 Å². The van der Waals surface area contributed by atoms with Crippen LogP contribution in [0.25, 0.3) is 0 Å². The summed E-state index contributed by atoms with van der Waals surface area (Å²) in [7, 11) is 0. The van der Waals surface area contributed by atoms with E-state index in [0.717, 1.165) is 18.5 Å². The molecule has 1 fully saturated rings. The minimum Gasteiger partial charge on any atom is -0.480 e. The molecular formula is C13H14N2O2. The number of carboxylic acids is 1. The van der Waals surface area contributed by atoms with E-state index in [0.29, 0.717) is 18.4 Å². The van der Waals surface area contributed by atoms with Gasteiger partial charge in [-0.1, -0.05) is 12.8 Å². The normalized spacial score (nSPS) is 17.4. The highest BCUT2D eigenvalue weighted by atomic mass is 16.4. The number of carbonyl (C=O) groups is 1. The molecule has 0 amide bonds. The third-order valence-electron chi connectivity index (χ3n) is 3.26. The number of aliphatic carboxylic acids is 1. The molecule has 4 heteroatoms. The van der Waals surface area contributed by atoms with E-state index in [1.54, 1.807) is 24.3 Å². The number of hydrogen-bond acceptors (Lipinski definition) is 3. The number of nitrogens with zero attached hydrogens (tertiary/aromatic N) is 1. The van der Waals surface area contributed by atoms with Gasteiger partial charge in [-0.25, -0.2) is 4.79 Å². The predicted molar refractivity (Wildman–Crippen MR) is 63.6 cm³/mol. The van der Waals surface area contributed by atoms with Crippen molar-refractivity contribution in [3.8, 4) is 6.07 Å². The molecule has 2 N–H and O–H groups in total. The summed E-state index contributed by atoms with van der Waals surface area (Å²) in [6.07, 6.45) is 3.19. The van der Waals surface area contributed by atoms with E-state index in [9.17, 15) is 9.90 Å². The summed E-state index contributed by atoms with van der Waals surface area (Å²) in [4.78, 5) is 11.3. The van der Waals surface area contributed by atoms with Crippen molar-refractivity contribution in [3.63, 3.8) is 0 Å². The van der Waals surface area contributed by atoms with Crippen LogP contribution in [0.3, 0.4) is 0 Å². The van der Waals surface area contributed by atoms with Gasteiger partial charge in [-0.3, -0.25) is 0 Å². The number of hydrogen-bond donors (Lipinski definition) is 2. The summed E-state index contributed by atoms with van der Waals surface area (Å²) in [6.45, 7) is 0. The fraction of sp³-hybridized carbons (Fsp3) is 0.385. The average Bonchev–Trinajstić information content (AvgIpc) is 2.80. The van der Waals surface area contributed by atoms with Gasteiger partial charge in [0, 0.05) is 5.69 Å². The molecule has 88 valence electrons. The molecule has 0 saturated heterocycles. The van der Waals surface area contributed by atoms with Crippen molar-refractivity contribution < 1.29 is 9.90 Å². The maximum Gasteiger partial charge on any atom is 0.329 e. The lowest BCUT2D eigenvalue weighted by Crippen LogP contribution is -2.43. The van der Waals surface area contributed by atoms with Crippen molar-refractivity contribution in [2.45, 2.75) is 31.2 Å². The number of nitrogens with one attached hydrogen (secondary N) is 1. The molecule has 1 saturated carbocycles. The summed E-state index contributed by atoms with van der Waals surface area (Å²) >= 11 is 0. The smallest absolute Gasteiger partial charge is 0.329 e. The van der Waals surface area contributed by atoms with Gasteiger partial charge >= 0.3 is 5.97 Å². The molecule has 0 radical (unpaired) electrons. The quantitative estimate of drug-likeness (QED) is 0.836. The van der Waals surface area contributed by atoms with Crippen LogP contribution in [0.15, 0.2) is 24.3 Å². The largest absolute Gasteiger partial charge is 0.480 e. The van der Waals surface area contributed by atoms with Crippen LogP contribution < -0.4 is 5.32 Å². The molecule has 1 aliphatic rings. The third kappa shape index (κ3) is 2.23. The van der Waals surface area contributed by atoms with E-state index < -0.39 is 11.5 Å². The van der Waals surface area contributed by atoms with Gasteiger partial charge in [0.2, 0.25) is 0 Å². The molecule has 2 rings (SSSR count). The summed E-state index contributed by atoms with van der Waals surface area (Å²) in [5.74, 6) is -0.792. The van der Waals surface area contributed by atoms with Crippen molar-refractivity contribution in [1.82, 2.24) is 0 Å². The third-order valence-corrected chi connectivity index (χ3v) is 3.26. The predicted octanol–water partition coefficient (Wildman–Crippen LogP) is 2.37. The molecule has 17 heavy (non-hydrogen) atoms. The Morgan fingerprint density at radius 2 is 1.88 bits per heavy atom. The molecule has 0 atom stereocenters. The van der Waals surface area contributed by atoms with Crippen molar-refractivity contribution >= 4 is 11.7 Å². The minimum atomic E-state index is -0.825. The standard InChI is InChI=1S/C13H14N2O2/c14-9-10-3-5-11(6-4-10)15-13(12(16)17)7-1-2-8-13/h3-6,15H,1-2,7-8H2,(H,16,17). The van der Waals surface area contributed by atoms with Crippen LogP contribution in [-0.2, 0) is 4.79 Å². The lowest BCUT2D eigenvalue weighted by atomic mass is 9.97. The molecule has 0 aromatic heterocycles. The molecule has 1 aromatic carbocycles. The average molecular weight is 230 g/mol. The molecule has 0 unspecified atom stereocenters. The minimum absolute atomic E-state index is 0.575. The highest BCUT2D eigenvalue weighted by Crippen LogP contribution is 2.33. The molecule has 0 aliphatic heterocycles. The van der Waals surface area contributed by atoms with Crippen LogP contribution in [0.4, 0.5) is 5.69 Å². The molecule has 1 aliphatic carbocycles. The molecule has 4 nitrogen and oxygen atoms in total. The van der Waals surface area contributed by atoms with Gasteiger partial charge in [-0.15, -0.1) is 0 Å². The fourth-order valence-electron chi connectivity index (χ4n) is 2.28. The first-order valence-electron chi connectivity index (χ1n) is 5.68. The van der Waals surface area contributed by atoms with Crippen LogP contribution >= 0.6 is 0 Å². The Bertz CT molecular complexity index is 453. The highest BCUT2D eigenvalue weighted by Gasteiger charge is 2.41. The van der Waals surface area contributed by atoms with Gasteiger partial charge in [0.1, 0.15) is 5.54 Å². The highest BCUT2D eigenvalue weighted by molar-refractivity contribution is 5.83. The van der Waals surface area contributed by atoms with Crippen molar-refractivity contribution in [2.24, 2.45) is 0 Å². The van der Waals surface area contributed by atoms with E-state index in [1.165, 1.54) is 0 Å². The second kappa shape index (κ2) is 4.46. The fourth-order valence-corrected chi connectivity index (χ4v) is 2.28. The van der Waals surface area contributed by atoms with Crippen molar-refractivity contribution in [2.75, 3.05) is 5.32 Å². The van der Waals surface area contributed by atoms with Crippen LogP contribution in [0, 0.1) is 11.3 Å². The number of anilines is 1. The van der Waals surface area contributed by atoms with Crippen molar-refractivity contribution in [3.05, 3.63) is 29.8 Å². The lowest BCUT2D eigenvalue weighted by Gasteiger charge is -2.26. The van der Waals surface area contributed by atoms with E-state index in [2.05, 4.69) is 5.32 Å². The molecule has 1 aromatic rings. The summed E-state index contributed by atoms with van der Waals surface area (Å²) in [5.41, 5.74) is 0.508. The molecule has 0 heterocycles. The Kier molecular flexibility index (Phi) is 3.01. The first-order valence-corrected chi connectivity index (χ1v) is 5.68. The van der Waals surface area contributed by atoms with E-state index >= 15 is 0 Å². The van der Waals surface area contributed by atoms with Gasteiger partial charge in [0.15, 0.2) is 0 Å². The van der Waals surface area contributed by atoms with E-state index in [-0.39, 0.29) is 0 Å². The number of rotatable bonds is 3. The Morgan fingerprint density at radius 1 is 1.29 bits per heavy atom. The van der Waals surface area contributed by atoms with Crippen LogP contribution in [0.5, 0.6) is 0 Å². The lowest BCUT2D eigenvalue weighted by molar-refractivity contribution is -0.142. The number of benzene rings is 1. The Labute approximate surface area is 99.9 Å². The van der Waals surface area contributed by atoms with Gasteiger partial charge in [-0.05, 0) is 37.1 Å². The van der Waals surface area contributed by atoms with E-state index in [1.807, 2.05) is 6.07 Å². The van der Waals surface area contributed by atoms with E-state index in [4.69, 9.17) is 5.26 Å². The number of nitriles is 1. The molecule has 0 bridgehead atoms. The molecular weight excluding hydrogens is 216 g/mol. The van der Waals surface area contributed by atoms with Gasteiger partial charge in [-0.2, -0.15) is 5.26 Å². The Morgan fingerprint density at radius 3 is 2.35 bits per heavy atom. The zero-order valence-electron chi connectivity index (χ0n) is 9.44. The van der Waals surface area contributed by atoms with Crippen LogP contribution in [-0.4, -0.2) is 16.6 Å². The van der Waals surface area contributed by atoms with Gasteiger partial charge in [0.25, 0.3) is 0 Å². The maximum absolute atomic E-state index is 11.3. The summed E-state index contributed by atoms with van der Waals surface area (Å²) in [5, 5.41) is 21.1. The Balaban J connectivity index is 2.18. The SMILES string of the molecule is N#Cc1ccc(NC2(C(=O)O)CCCC2)cc1. The summed E-state index contributed by atoms with van der Waals surface area (Å²) < 4.78 is 0. The van der Waals surface area contributed by atoms with Crippen molar-refractivity contribution in [1.29, 1.82) is 5.26 Å². The van der Waals surface area contributed by atoms with Gasteiger partial charge < -0.3 is 10.4 Å². The molecule has 0 spiro atoms. The first kappa shape index (κ1) is 11.5. The Hall–Kier alpha value is -2.02. The maximum atomic E-state index is 11.3. The van der Waals surface area contributed by atoms with Crippen LogP contribution in [0.2, 0.25) is 0 Å². The zero-order chi connectivity index (χ0) is 12.3. The van der Waals surface area contributed by atoms with Crippen LogP contribution in [0.1, 0.15) is 31.2 Å². The first-order chi connectivity index (χ1) is 8.16. The second-order valence-electron chi connectivity index (χ2n) is 4.41.